The van der Waals surface area contributed by atoms with Crippen LogP contribution in [-0.4, -0.2) is 66.7 Å². The Morgan fingerprint density at radius 2 is 2.14 bits per heavy atom. The summed E-state index contributed by atoms with van der Waals surface area (Å²) in [6.45, 7) is 10.7. The third-order valence-corrected chi connectivity index (χ3v) is 4.45. The minimum Gasteiger partial charge on any atom is -0.478 e. The normalized spacial score (nSPS) is 24.3. The summed E-state index contributed by atoms with van der Waals surface area (Å²) in [4.78, 5) is 9.51. The van der Waals surface area contributed by atoms with Crippen LogP contribution in [0, 0.1) is 0 Å². The number of aromatic nitrogens is 1. The van der Waals surface area contributed by atoms with Crippen LogP contribution in [0.15, 0.2) is 18.3 Å². The van der Waals surface area contributed by atoms with Crippen molar-refractivity contribution in [3.63, 3.8) is 0 Å². The Bertz CT molecular complexity index is 422. The highest BCUT2D eigenvalue weighted by molar-refractivity contribution is 5.17. The maximum atomic E-state index is 5.38. The zero-order valence-electron chi connectivity index (χ0n) is 12.9. The molecule has 2 fully saturated rings. The Hall–Kier alpha value is -1.17. The second-order valence-electron chi connectivity index (χ2n) is 5.90. The van der Waals surface area contributed by atoms with Crippen LogP contribution in [0.2, 0.25) is 0 Å². The van der Waals surface area contributed by atoms with Crippen molar-refractivity contribution in [2.45, 2.75) is 25.9 Å². The fourth-order valence-electron chi connectivity index (χ4n) is 3.23. The Balaban J connectivity index is 1.46. The van der Waals surface area contributed by atoms with Gasteiger partial charge in [0.05, 0.1) is 6.61 Å². The number of rotatable bonds is 5. The number of piperazine rings is 1. The van der Waals surface area contributed by atoms with Gasteiger partial charge < -0.3 is 10.1 Å². The SMILES string of the molecule is CCOc1ccc(CN2CCN(C3CCNC3)CC2)cn1. The molecule has 0 saturated carbocycles. The molecular weight excluding hydrogens is 264 g/mol. The van der Waals surface area contributed by atoms with Gasteiger partial charge in [-0.3, -0.25) is 9.80 Å². The Labute approximate surface area is 127 Å². The maximum absolute atomic E-state index is 5.38. The molecule has 2 saturated heterocycles. The molecule has 2 aliphatic heterocycles. The van der Waals surface area contributed by atoms with E-state index >= 15 is 0 Å². The van der Waals surface area contributed by atoms with Gasteiger partial charge in [0.25, 0.3) is 0 Å². The third kappa shape index (κ3) is 3.93. The molecule has 5 heteroatoms. The van der Waals surface area contributed by atoms with Gasteiger partial charge in [-0.1, -0.05) is 6.07 Å². The van der Waals surface area contributed by atoms with Gasteiger partial charge in [-0.15, -0.1) is 0 Å². The first kappa shape index (κ1) is 14.8. The first-order valence-electron chi connectivity index (χ1n) is 8.10. The van der Waals surface area contributed by atoms with Gasteiger partial charge >= 0.3 is 0 Å². The van der Waals surface area contributed by atoms with Crippen LogP contribution in [0.25, 0.3) is 0 Å². The molecule has 0 bridgehead atoms. The minimum absolute atomic E-state index is 0.671. The zero-order chi connectivity index (χ0) is 14.5. The van der Waals surface area contributed by atoms with Crippen molar-refractivity contribution in [1.82, 2.24) is 20.1 Å². The maximum Gasteiger partial charge on any atom is 0.213 e. The van der Waals surface area contributed by atoms with Gasteiger partial charge in [0.2, 0.25) is 5.88 Å². The molecule has 0 spiro atoms. The summed E-state index contributed by atoms with van der Waals surface area (Å²) < 4.78 is 5.38. The summed E-state index contributed by atoms with van der Waals surface area (Å²) in [7, 11) is 0. The lowest BCUT2D eigenvalue weighted by molar-refractivity contribution is 0.0980. The van der Waals surface area contributed by atoms with Crippen LogP contribution in [0.3, 0.4) is 0 Å². The van der Waals surface area contributed by atoms with E-state index in [4.69, 9.17) is 4.74 Å². The van der Waals surface area contributed by atoms with Crippen LogP contribution in [0.1, 0.15) is 18.9 Å². The standard InChI is InChI=1S/C16H26N4O/c1-2-21-16-4-3-14(11-18-16)13-19-7-9-20(10-8-19)15-5-6-17-12-15/h3-4,11,15,17H,2,5-10,12-13H2,1H3. The van der Waals surface area contributed by atoms with Gasteiger partial charge in [0, 0.05) is 57.6 Å². The highest BCUT2D eigenvalue weighted by Gasteiger charge is 2.25. The molecule has 0 radical (unpaired) electrons. The van der Waals surface area contributed by atoms with E-state index in [1.54, 1.807) is 0 Å². The highest BCUT2D eigenvalue weighted by atomic mass is 16.5. The van der Waals surface area contributed by atoms with Gasteiger partial charge in [-0.25, -0.2) is 4.98 Å². The Morgan fingerprint density at radius 3 is 2.76 bits per heavy atom. The molecule has 1 aromatic rings. The Kier molecular flexibility index (Phi) is 5.06. The van der Waals surface area contributed by atoms with E-state index in [1.807, 2.05) is 19.2 Å². The van der Waals surface area contributed by atoms with E-state index < -0.39 is 0 Å². The monoisotopic (exact) mass is 290 g/mol. The first-order chi connectivity index (χ1) is 10.3. The van der Waals surface area contributed by atoms with Crippen LogP contribution in [-0.2, 0) is 6.54 Å². The van der Waals surface area contributed by atoms with E-state index in [2.05, 4.69) is 26.2 Å². The molecule has 1 unspecified atom stereocenters. The van der Waals surface area contributed by atoms with Gasteiger partial charge in [-0.2, -0.15) is 0 Å². The summed E-state index contributed by atoms with van der Waals surface area (Å²) in [6, 6.07) is 4.86. The van der Waals surface area contributed by atoms with E-state index in [-0.39, 0.29) is 0 Å². The van der Waals surface area contributed by atoms with E-state index in [9.17, 15) is 0 Å². The number of hydrogen-bond donors (Lipinski definition) is 1. The van der Waals surface area contributed by atoms with Crippen LogP contribution in [0.4, 0.5) is 0 Å². The molecule has 2 aliphatic rings. The highest BCUT2D eigenvalue weighted by Crippen LogP contribution is 2.14. The quantitative estimate of drug-likeness (QED) is 0.875. The number of ether oxygens (including phenoxy) is 1. The largest absolute Gasteiger partial charge is 0.478 e. The summed E-state index contributed by atoms with van der Waals surface area (Å²) in [6.07, 6.45) is 3.25. The zero-order valence-corrected chi connectivity index (χ0v) is 12.9. The molecule has 3 heterocycles. The lowest BCUT2D eigenvalue weighted by atomic mass is 10.1. The molecule has 3 rings (SSSR count). The van der Waals surface area contributed by atoms with Crippen LogP contribution < -0.4 is 10.1 Å². The van der Waals surface area contributed by atoms with Crippen molar-refractivity contribution < 1.29 is 4.74 Å². The topological polar surface area (TPSA) is 40.6 Å². The Morgan fingerprint density at radius 1 is 1.29 bits per heavy atom. The van der Waals surface area contributed by atoms with Gasteiger partial charge in [-0.05, 0) is 25.5 Å². The van der Waals surface area contributed by atoms with Crippen LogP contribution >= 0.6 is 0 Å². The molecule has 0 aromatic carbocycles. The smallest absolute Gasteiger partial charge is 0.213 e. The average molecular weight is 290 g/mol. The van der Waals surface area contributed by atoms with Crippen molar-refractivity contribution in [3.8, 4) is 5.88 Å². The average Bonchev–Trinajstić information content (AvgIpc) is 3.05. The van der Waals surface area contributed by atoms with E-state index in [1.165, 1.54) is 38.2 Å². The lowest BCUT2D eigenvalue weighted by Gasteiger charge is -2.37. The fourth-order valence-corrected chi connectivity index (χ4v) is 3.23. The second-order valence-corrected chi connectivity index (χ2v) is 5.90. The van der Waals surface area contributed by atoms with Gasteiger partial charge in [0.1, 0.15) is 0 Å². The van der Waals surface area contributed by atoms with Crippen molar-refractivity contribution in [1.29, 1.82) is 0 Å². The fraction of sp³-hybridized carbons (Fsp3) is 0.688. The molecule has 1 N–H and O–H groups in total. The molecule has 0 aliphatic carbocycles. The molecule has 0 amide bonds. The second kappa shape index (κ2) is 7.20. The number of nitrogens with one attached hydrogen (secondary N) is 1. The van der Waals surface area contributed by atoms with Crippen LogP contribution in [0.5, 0.6) is 5.88 Å². The minimum atomic E-state index is 0.671. The van der Waals surface area contributed by atoms with Gasteiger partial charge in [0.15, 0.2) is 0 Å². The van der Waals surface area contributed by atoms with Crippen molar-refractivity contribution in [2.24, 2.45) is 0 Å². The predicted molar refractivity (Wildman–Crippen MR) is 83.5 cm³/mol. The van der Waals surface area contributed by atoms with E-state index in [0.29, 0.717) is 6.61 Å². The first-order valence-corrected chi connectivity index (χ1v) is 8.10. The molecule has 5 nitrogen and oxygen atoms in total. The van der Waals surface area contributed by atoms with Crippen molar-refractivity contribution >= 4 is 0 Å². The number of hydrogen-bond acceptors (Lipinski definition) is 5. The molecule has 1 aromatic heterocycles. The summed E-state index contributed by atoms with van der Waals surface area (Å²) >= 11 is 0. The van der Waals surface area contributed by atoms with E-state index in [0.717, 1.165) is 31.6 Å². The molecule has 21 heavy (non-hydrogen) atoms. The molecular formula is C16H26N4O. The molecule has 1 atom stereocenters. The summed E-state index contributed by atoms with van der Waals surface area (Å²) in [5.74, 6) is 0.722. The summed E-state index contributed by atoms with van der Waals surface area (Å²) in [5, 5.41) is 3.46. The lowest BCUT2D eigenvalue weighted by Crippen LogP contribution is -2.50. The summed E-state index contributed by atoms with van der Waals surface area (Å²) in [5.41, 5.74) is 1.27. The van der Waals surface area contributed by atoms with Crippen molar-refractivity contribution in [2.75, 3.05) is 45.9 Å². The third-order valence-electron chi connectivity index (χ3n) is 4.45. The predicted octanol–water partition coefficient (Wildman–Crippen LogP) is 0.960. The molecule has 116 valence electrons. The number of pyridine rings is 1. The number of nitrogens with zero attached hydrogens (tertiary/aromatic N) is 3. The van der Waals surface area contributed by atoms with Crippen molar-refractivity contribution in [3.05, 3.63) is 23.9 Å².